The van der Waals surface area contributed by atoms with Crippen molar-refractivity contribution in [3.05, 3.63) is 76.6 Å². The first-order chi connectivity index (χ1) is 14.9. The lowest BCUT2D eigenvalue weighted by Gasteiger charge is -2.11. The first-order valence-corrected chi connectivity index (χ1v) is 11.2. The van der Waals surface area contributed by atoms with Crippen LogP contribution in [0.15, 0.2) is 54.2 Å². The molecule has 0 aliphatic carbocycles. The number of nitrogens with zero attached hydrogens (tertiary/aromatic N) is 3. The summed E-state index contributed by atoms with van der Waals surface area (Å²) < 4.78 is 7.88. The zero-order chi connectivity index (χ0) is 22.4. The zero-order valence-corrected chi connectivity index (χ0v) is 19.4. The fourth-order valence-corrected chi connectivity index (χ4v) is 3.93. The molecule has 3 rings (SSSR count). The number of hydrogen-bond acceptors (Lipinski definition) is 5. The van der Waals surface area contributed by atoms with Gasteiger partial charge in [0.05, 0.1) is 5.75 Å². The van der Waals surface area contributed by atoms with E-state index in [1.165, 1.54) is 11.8 Å². The molecule has 3 aromatic rings. The van der Waals surface area contributed by atoms with Crippen LogP contribution in [0.25, 0.3) is 0 Å². The maximum Gasteiger partial charge on any atom is 0.234 e. The molecule has 0 unspecified atom stereocenters. The molecule has 0 saturated carbocycles. The van der Waals surface area contributed by atoms with Crippen LogP contribution in [0.3, 0.4) is 0 Å². The van der Waals surface area contributed by atoms with Gasteiger partial charge in [-0.25, -0.2) is 0 Å². The van der Waals surface area contributed by atoms with Gasteiger partial charge in [0.15, 0.2) is 11.0 Å². The standard InChI is InChI=1S/C23H25ClN4O2S/c1-5-10-28-21(13-30-20-11-15(2)6-7-16(20)3)26-27-23(28)31-14-22(29)25-19-9-8-18(24)12-17(19)4/h5-9,11-12H,1,10,13-14H2,2-4H3,(H,25,29). The Morgan fingerprint density at radius 3 is 2.74 bits per heavy atom. The molecule has 0 aliphatic heterocycles. The molecule has 0 atom stereocenters. The van der Waals surface area contributed by atoms with E-state index in [2.05, 4.69) is 22.1 Å². The van der Waals surface area contributed by atoms with Crippen LogP contribution in [-0.2, 0) is 17.9 Å². The van der Waals surface area contributed by atoms with E-state index < -0.39 is 0 Å². The SMILES string of the molecule is C=CCn1c(COc2cc(C)ccc2C)nnc1SCC(=O)Nc1ccc(Cl)cc1C. The molecule has 0 fully saturated rings. The number of nitrogens with one attached hydrogen (secondary N) is 1. The molecule has 31 heavy (non-hydrogen) atoms. The number of carbonyl (C=O) groups excluding carboxylic acids is 1. The van der Waals surface area contributed by atoms with Gasteiger partial charge in [-0.05, 0) is 61.7 Å². The molecule has 8 heteroatoms. The normalized spacial score (nSPS) is 10.7. The first-order valence-electron chi connectivity index (χ1n) is 9.79. The van der Waals surface area contributed by atoms with Crippen LogP contribution in [0.1, 0.15) is 22.5 Å². The van der Waals surface area contributed by atoms with Gasteiger partial charge in [0, 0.05) is 17.3 Å². The molecule has 0 bridgehead atoms. The van der Waals surface area contributed by atoms with Crippen LogP contribution in [0, 0.1) is 20.8 Å². The van der Waals surface area contributed by atoms with Crippen LogP contribution in [0.4, 0.5) is 5.69 Å². The van der Waals surface area contributed by atoms with E-state index in [1.54, 1.807) is 18.2 Å². The van der Waals surface area contributed by atoms with Crippen molar-refractivity contribution in [3.63, 3.8) is 0 Å². The minimum absolute atomic E-state index is 0.128. The highest BCUT2D eigenvalue weighted by molar-refractivity contribution is 7.99. The van der Waals surface area contributed by atoms with Gasteiger partial charge >= 0.3 is 0 Å². The minimum Gasteiger partial charge on any atom is -0.485 e. The number of amides is 1. The van der Waals surface area contributed by atoms with Crippen molar-refractivity contribution in [2.45, 2.75) is 39.1 Å². The molecule has 2 aromatic carbocycles. The third-order valence-electron chi connectivity index (χ3n) is 4.60. The fourth-order valence-electron chi connectivity index (χ4n) is 2.93. The summed E-state index contributed by atoms with van der Waals surface area (Å²) in [5, 5.41) is 12.7. The molecule has 0 saturated heterocycles. The van der Waals surface area contributed by atoms with E-state index in [-0.39, 0.29) is 18.3 Å². The molecule has 0 spiro atoms. The molecule has 1 N–H and O–H groups in total. The summed E-state index contributed by atoms with van der Waals surface area (Å²) in [5.74, 6) is 1.57. The maximum atomic E-state index is 12.4. The van der Waals surface area contributed by atoms with Gasteiger partial charge in [-0.1, -0.05) is 41.6 Å². The predicted molar refractivity (Wildman–Crippen MR) is 126 cm³/mol. The molecular formula is C23H25ClN4O2S. The van der Waals surface area contributed by atoms with Gasteiger partial charge in [-0.2, -0.15) is 0 Å². The van der Waals surface area contributed by atoms with Gasteiger partial charge in [-0.3, -0.25) is 9.36 Å². The molecule has 6 nitrogen and oxygen atoms in total. The van der Waals surface area contributed by atoms with E-state index in [0.29, 0.717) is 22.5 Å². The molecule has 1 aromatic heterocycles. The second kappa shape index (κ2) is 10.5. The number of aromatic nitrogens is 3. The van der Waals surface area contributed by atoms with Crippen LogP contribution in [-0.4, -0.2) is 26.4 Å². The zero-order valence-electron chi connectivity index (χ0n) is 17.8. The Morgan fingerprint density at radius 2 is 2.00 bits per heavy atom. The number of benzene rings is 2. The highest BCUT2D eigenvalue weighted by Crippen LogP contribution is 2.23. The third-order valence-corrected chi connectivity index (χ3v) is 5.80. The second-order valence-electron chi connectivity index (χ2n) is 7.15. The van der Waals surface area contributed by atoms with Crippen LogP contribution < -0.4 is 10.1 Å². The average molecular weight is 457 g/mol. The Morgan fingerprint density at radius 1 is 1.19 bits per heavy atom. The van der Waals surface area contributed by atoms with Crippen molar-refractivity contribution < 1.29 is 9.53 Å². The van der Waals surface area contributed by atoms with E-state index in [9.17, 15) is 4.79 Å². The smallest absolute Gasteiger partial charge is 0.234 e. The number of carbonyl (C=O) groups is 1. The summed E-state index contributed by atoms with van der Waals surface area (Å²) in [6.45, 7) is 10.6. The Hall–Kier alpha value is -2.77. The molecule has 1 heterocycles. The molecule has 0 radical (unpaired) electrons. The number of allylic oxidation sites excluding steroid dienone is 1. The Balaban J connectivity index is 1.64. The van der Waals surface area contributed by atoms with E-state index in [0.717, 1.165) is 28.1 Å². The molecular weight excluding hydrogens is 432 g/mol. The van der Waals surface area contributed by atoms with Crippen LogP contribution >= 0.6 is 23.4 Å². The monoisotopic (exact) mass is 456 g/mol. The highest BCUT2D eigenvalue weighted by Gasteiger charge is 2.15. The molecule has 1 amide bonds. The summed E-state index contributed by atoms with van der Waals surface area (Å²) >= 11 is 7.29. The number of hydrogen-bond donors (Lipinski definition) is 1. The van der Waals surface area contributed by atoms with Crippen LogP contribution in [0.5, 0.6) is 5.75 Å². The summed E-state index contributed by atoms with van der Waals surface area (Å²) in [6, 6.07) is 11.4. The number of halogens is 1. The average Bonchev–Trinajstić information content (AvgIpc) is 3.11. The van der Waals surface area contributed by atoms with Crippen molar-refractivity contribution >= 4 is 35.0 Å². The number of rotatable bonds is 9. The highest BCUT2D eigenvalue weighted by atomic mass is 35.5. The lowest BCUT2D eigenvalue weighted by molar-refractivity contribution is -0.113. The lowest BCUT2D eigenvalue weighted by Crippen LogP contribution is -2.15. The van der Waals surface area contributed by atoms with Gasteiger partial charge < -0.3 is 10.1 Å². The number of anilines is 1. The predicted octanol–water partition coefficient (Wildman–Crippen LogP) is 5.35. The third kappa shape index (κ3) is 6.12. The lowest BCUT2D eigenvalue weighted by atomic mass is 10.1. The van der Waals surface area contributed by atoms with Crippen molar-refractivity contribution in [2.75, 3.05) is 11.1 Å². The largest absolute Gasteiger partial charge is 0.485 e. The maximum absolute atomic E-state index is 12.4. The van der Waals surface area contributed by atoms with Crippen molar-refractivity contribution in [1.82, 2.24) is 14.8 Å². The van der Waals surface area contributed by atoms with E-state index in [4.69, 9.17) is 16.3 Å². The van der Waals surface area contributed by atoms with E-state index >= 15 is 0 Å². The summed E-state index contributed by atoms with van der Waals surface area (Å²) in [6.07, 6.45) is 1.77. The Labute approximate surface area is 191 Å². The summed E-state index contributed by atoms with van der Waals surface area (Å²) in [5.41, 5.74) is 3.84. The number of aryl methyl sites for hydroxylation is 3. The quantitative estimate of drug-likeness (QED) is 0.347. The number of ether oxygens (including phenoxy) is 1. The first kappa shape index (κ1) is 22.9. The summed E-state index contributed by atoms with van der Waals surface area (Å²) in [7, 11) is 0. The Bertz CT molecular complexity index is 1100. The molecule has 0 aliphatic rings. The van der Waals surface area contributed by atoms with Crippen molar-refractivity contribution in [3.8, 4) is 5.75 Å². The van der Waals surface area contributed by atoms with Crippen molar-refractivity contribution in [1.29, 1.82) is 0 Å². The van der Waals surface area contributed by atoms with Crippen molar-refractivity contribution in [2.24, 2.45) is 0 Å². The fraction of sp³-hybridized carbons (Fsp3) is 0.261. The second-order valence-corrected chi connectivity index (χ2v) is 8.53. The van der Waals surface area contributed by atoms with Gasteiger partial charge in [-0.15, -0.1) is 16.8 Å². The number of thioether (sulfide) groups is 1. The van der Waals surface area contributed by atoms with Crippen LogP contribution in [0.2, 0.25) is 5.02 Å². The minimum atomic E-state index is -0.128. The summed E-state index contributed by atoms with van der Waals surface area (Å²) in [4.78, 5) is 12.4. The van der Waals surface area contributed by atoms with E-state index in [1.807, 2.05) is 49.6 Å². The van der Waals surface area contributed by atoms with Gasteiger partial charge in [0.25, 0.3) is 0 Å². The van der Waals surface area contributed by atoms with Gasteiger partial charge in [0.1, 0.15) is 12.4 Å². The topological polar surface area (TPSA) is 69.0 Å². The molecule has 162 valence electrons. The van der Waals surface area contributed by atoms with Gasteiger partial charge in [0.2, 0.25) is 5.91 Å². The Kier molecular flexibility index (Phi) is 7.76.